The summed E-state index contributed by atoms with van der Waals surface area (Å²) in [7, 11) is 4.77. The summed E-state index contributed by atoms with van der Waals surface area (Å²) in [4.78, 5) is 0. The van der Waals surface area contributed by atoms with Gasteiger partial charge in [0.1, 0.15) is 13.1 Å². The van der Waals surface area contributed by atoms with Crippen LogP contribution in [-0.2, 0) is 6.54 Å². The highest BCUT2D eigenvalue weighted by molar-refractivity contribution is 5.70. The second-order valence-electron chi connectivity index (χ2n) is 10.5. The lowest BCUT2D eigenvalue weighted by Crippen LogP contribution is -2.52. The van der Waals surface area contributed by atoms with Crippen molar-refractivity contribution in [1.29, 1.82) is 0 Å². The zero-order valence-corrected chi connectivity index (χ0v) is 18.5. The minimum atomic E-state index is 0.525. The van der Waals surface area contributed by atoms with Crippen LogP contribution in [0.4, 0.5) is 0 Å². The number of aryl methyl sites for hydroxylation is 2. The highest BCUT2D eigenvalue weighted by Crippen LogP contribution is 2.59. The fourth-order valence-electron chi connectivity index (χ4n) is 5.75. The summed E-state index contributed by atoms with van der Waals surface area (Å²) in [6.45, 7) is 11.6. The van der Waals surface area contributed by atoms with Gasteiger partial charge in [-0.3, -0.25) is 0 Å². The summed E-state index contributed by atoms with van der Waals surface area (Å²) >= 11 is 0. The molecular formula is C27H36N+. The highest BCUT2D eigenvalue weighted by Gasteiger charge is 2.52. The van der Waals surface area contributed by atoms with E-state index in [-0.39, 0.29) is 0 Å². The van der Waals surface area contributed by atoms with Crippen molar-refractivity contribution >= 4 is 0 Å². The molecule has 0 N–H and O–H groups in total. The lowest BCUT2D eigenvalue weighted by Gasteiger charge is -2.57. The van der Waals surface area contributed by atoms with Crippen LogP contribution in [0.25, 0.3) is 11.1 Å². The molecule has 1 saturated carbocycles. The Morgan fingerprint density at radius 3 is 2.14 bits per heavy atom. The van der Waals surface area contributed by atoms with E-state index in [9.17, 15) is 0 Å². The van der Waals surface area contributed by atoms with Crippen LogP contribution in [0.1, 0.15) is 43.4 Å². The zero-order valence-electron chi connectivity index (χ0n) is 18.5. The first kappa shape index (κ1) is 19.5. The number of fused-ring (bicyclic) bond motifs is 1. The molecule has 0 aromatic heterocycles. The van der Waals surface area contributed by atoms with Gasteiger partial charge < -0.3 is 4.48 Å². The van der Waals surface area contributed by atoms with Gasteiger partial charge in [0.2, 0.25) is 0 Å². The molecule has 148 valence electrons. The third kappa shape index (κ3) is 3.46. The Bertz CT molecular complexity index is 878. The summed E-state index contributed by atoms with van der Waals surface area (Å²) in [6.07, 6.45) is 5.28. The predicted molar refractivity (Wildman–Crippen MR) is 120 cm³/mol. The molecule has 2 atom stereocenters. The van der Waals surface area contributed by atoms with Gasteiger partial charge >= 0.3 is 0 Å². The number of hydrogen-bond donors (Lipinski definition) is 0. The fourth-order valence-corrected chi connectivity index (χ4v) is 5.75. The van der Waals surface area contributed by atoms with Crippen molar-refractivity contribution < 1.29 is 4.48 Å². The SMILES string of the molecule is Cc1cccc(C)c1-c1ccc(C[N+](C)(C)CC2=CC[C@H]3C[C@@H]2C3(C)C)cc1. The van der Waals surface area contributed by atoms with E-state index < -0.39 is 0 Å². The van der Waals surface area contributed by atoms with E-state index in [0.717, 1.165) is 22.9 Å². The number of quaternary nitrogens is 1. The van der Waals surface area contributed by atoms with Gasteiger partial charge in [0, 0.05) is 5.56 Å². The second kappa shape index (κ2) is 6.88. The first-order chi connectivity index (χ1) is 13.2. The maximum atomic E-state index is 2.56. The van der Waals surface area contributed by atoms with Crippen molar-refractivity contribution in [3.05, 3.63) is 70.8 Å². The molecule has 1 nitrogen and oxygen atoms in total. The van der Waals surface area contributed by atoms with E-state index in [4.69, 9.17) is 0 Å². The molecule has 0 saturated heterocycles. The average molecular weight is 375 g/mol. The topological polar surface area (TPSA) is 0 Å². The van der Waals surface area contributed by atoms with Gasteiger partial charge in [0.25, 0.3) is 0 Å². The van der Waals surface area contributed by atoms with Crippen molar-refractivity contribution in [2.75, 3.05) is 20.6 Å². The first-order valence-corrected chi connectivity index (χ1v) is 10.8. The summed E-state index contributed by atoms with van der Waals surface area (Å²) in [5.74, 6) is 1.74. The van der Waals surface area contributed by atoms with Crippen molar-refractivity contribution in [3.63, 3.8) is 0 Å². The monoisotopic (exact) mass is 374 g/mol. The van der Waals surface area contributed by atoms with E-state index in [1.165, 1.54) is 47.2 Å². The molecule has 3 aliphatic carbocycles. The van der Waals surface area contributed by atoms with Crippen molar-refractivity contribution in [1.82, 2.24) is 0 Å². The van der Waals surface area contributed by atoms with Crippen molar-refractivity contribution in [3.8, 4) is 11.1 Å². The van der Waals surface area contributed by atoms with E-state index in [1.54, 1.807) is 5.57 Å². The number of rotatable bonds is 5. The molecule has 0 heterocycles. The van der Waals surface area contributed by atoms with Crippen LogP contribution in [0.2, 0.25) is 0 Å². The van der Waals surface area contributed by atoms with E-state index in [0.29, 0.717) is 5.41 Å². The fraction of sp³-hybridized carbons (Fsp3) is 0.481. The normalized spacial score (nSPS) is 23.1. The molecule has 0 radical (unpaired) electrons. The molecule has 2 aromatic rings. The Balaban J connectivity index is 1.47. The van der Waals surface area contributed by atoms with Crippen LogP contribution >= 0.6 is 0 Å². The largest absolute Gasteiger partial charge is 0.321 e. The Morgan fingerprint density at radius 1 is 0.929 bits per heavy atom. The van der Waals surface area contributed by atoms with E-state index >= 15 is 0 Å². The van der Waals surface area contributed by atoms with Crippen LogP contribution in [0, 0.1) is 31.1 Å². The van der Waals surface area contributed by atoms with Gasteiger partial charge in [-0.1, -0.05) is 62.4 Å². The summed E-state index contributed by atoms with van der Waals surface area (Å²) in [6, 6.07) is 15.9. The Morgan fingerprint density at radius 2 is 1.57 bits per heavy atom. The number of allylic oxidation sites excluding steroid dienone is 1. The Labute approximate surface area is 171 Å². The van der Waals surface area contributed by atoms with Gasteiger partial charge in [-0.05, 0) is 71.8 Å². The molecule has 3 aliphatic rings. The molecule has 2 aromatic carbocycles. The Kier molecular flexibility index (Phi) is 4.78. The number of benzene rings is 2. The number of nitrogens with zero attached hydrogens (tertiary/aromatic N) is 1. The molecule has 0 spiro atoms. The molecule has 0 amide bonds. The maximum Gasteiger partial charge on any atom is 0.104 e. The maximum absolute atomic E-state index is 2.56. The van der Waals surface area contributed by atoms with E-state index in [2.05, 4.69) is 90.3 Å². The smallest absolute Gasteiger partial charge is 0.104 e. The van der Waals surface area contributed by atoms with Crippen LogP contribution < -0.4 is 0 Å². The average Bonchev–Trinajstić information content (AvgIpc) is 2.62. The van der Waals surface area contributed by atoms with Crippen LogP contribution in [0.3, 0.4) is 0 Å². The molecule has 28 heavy (non-hydrogen) atoms. The second-order valence-corrected chi connectivity index (χ2v) is 10.5. The molecule has 1 heteroatoms. The summed E-state index contributed by atoms with van der Waals surface area (Å²) < 4.78 is 1.03. The minimum absolute atomic E-state index is 0.525. The Hall–Kier alpha value is -1.86. The predicted octanol–water partition coefficient (Wildman–Crippen LogP) is 6.54. The molecule has 0 unspecified atom stereocenters. The third-order valence-electron chi connectivity index (χ3n) is 7.53. The summed E-state index contributed by atoms with van der Waals surface area (Å²) in [5.41, 5.74) is 9.10. The van der Waals surface area contributed by atoms with E-state index in [1.807, 2.05) is 0 Å². The van der Waals surface area contributed by atoms with Gasteiger partial charge in [-0.25, -0.2) is 0 Å². The highest BCUT2D eigenvalue weighted by atomic mass is 15.3. The molecular weight excluding hydrogens is 338 g/mol. The quantitative estimate of drug-likeness (QED) is 0.412. The van der Waals surface area contributed by atoms with Crippen LogP contribution in [0.15, 0.2) is 54.1 Å². The van der Waals surface area contributed by atoms with Crippen molar-refractivity contribution in [2.45, 2.75) is 47.1 Å². The number of likely N-dealkylation sites (N-methyl/N-ethyl adjacent to an activating group) is 1. The summed E-state index contributed by atoms with van der Waals surface area (Å²) in [5, 5.41) is 0. The van der Waals surface area contributed by atoms with Gasteiger partial charge in [0.15, 0.2) is 0 Å². The van der Waals surface area contributed by atoms with Crippen LogP contribution in [-0.4, -0.2) is 25.1 Å². The molecule has 2 bridgehead atoms. The first-order valence-electron chi connectivity index (χ1n) is 10.8. The standard InChI is InChI=1S/C27H36N/c1-19-8-7-9-20(2)26(19)22-12-10-21(11-13-22)17-28(5,6)18-23-14-15-24-16-25(23)27(24,3)4/h7-14,24-25H,15-18H2,1-6H3/q+1/t24-,25-/m0/s1. The van der Waals surface area contributed by atoms with Crippen LogP contribution in [0.5, 0.6) is 0 Å². The molecule has 1 fully saturated rings. The lowest BCUT2D eigenvalue weighted by molar-refractivity contribution is -0.899. The zero-order chi connectivity index (χ0) is 20.1. The van der Waals surface area contributed by atoms with Crippen molar-refractivity contribution in [2.24, 2.45) is 17.3 Å². The number of hydrogen-bond acceptors (Lipinski definition) is 0. The minimum Gasteiger partial charge on any atom is -0.321 e. The van der Waals surface area contributed by atoms with Gasteiger partial charge in [-0.2, -0.15) is 0 Å². The molecule has 0 aliphatic heterocycles. The molecule has 5 rings (SSSR count). The third-order valence-corrected chi connectivity index (χ3v) is 7.53. The van der Waals surface area contributed by atoms with Gasteiger partial charge in [-0.15, -0.1) is 0 Å². The lowest BCUT2D eigenvalue weighted by atomic mass is 9.49. The van der Waals surface area contributed by atoms with Gasteiger partial charge in [0.05, 0.1) is 14.1 Å².